The number of carboxylic acids is 1. The number of likely N-dealkylation sites (tertiary alicyclic amines) is 1. The number of aliphatic carboxylic acids is 1. The number of carbonyl (C=O) groups is 2. The third-order valence-corrected chi connectivity index (χ3v) is 5.49. The lowest BCUT2D eigenvalue weighted by Gasteiger charge is -2.40. The maximum atomic E-state index is 13.5. The highest BCUT2D eigenvalue weighted by Crippen LogP contribution is 2.41. The van der Waals surface area contributed by atoms with Crippen molar-refractivity contribution in [1.29, 1.82) is 0 Å². The lowest BCUT2D eigenvalue weighted by molar-refractivity contribution is -0.143. The molecule has 7 nitrogen and oxygen atoms in total. The average molecular weight is 408 g/mol. The number of rotatable bonds is 4. The zero-order valence-corrected chi connectivity index (χ0v) is 17.4. The van der Waals surface area contributed by atoms with Crippen molar-refractivity contribution in [1.82, 2.24) is 9.80 Å². The van der Waals surface area contributed by atoms with Crippen molar-refractivity contribution in [2.24, 2.45) is 0 Å². The molecule has 8 heteroatoms. The van der Waals surface area contributed by atoms with Gasteiger partial charge in [0.25, 0.3) is 0 Å². The Morgan fingerprint density at radius 2 is 2.00 bits per heavy atom. The standard InChI is InChI=1S/C21H29FN2O5/c1-20(2,3)29-19(27)23(4)16(18(25)26)13-24-9-7-21(8-10-24)12-14-11-15(22)5-6-17(14)28-21/h5-6,11,16H,7-10,12-13H2,1-4H3,(H,25,26)/t16-/m0/s1. The normalized spacial score (nSPS) is 19.3. The maximum Gasteiger partial charge on any atom is 0.410 e. The topological polar surface area (TPSA) is 79.3 Å². The van der Waals surface area contributed by atoms with Crippen LogP contribution in [-0.2, 0) is 16.0 Å². The quantitative estimate of drug-likeness (QED) is 0.825. The third kappa shape index (κ3) is 4.98. The van der Waals surface area contributed by atoms with Crippen molar-refractivity contribution in [3.8, 4) is 5.75 Å². The van der Waals surface area contributed by atoms with E-state index in [1.807, 2.05) is 4.90 Å². The summed E-state index contributed by atoms with van der Waals surface area (Å²) in [5, 5.41) is 9.63. The summed E-state index contributed by atoms with van der Waals surface area (Å²) in [5.74, 6) is -0.608. The van der Waals surface area contributed by atoms with E-state index in [0.29, 0.717) is 32.4 Å². The molecule has 1 atom stereocenters. The molecule has 1 saturated heterocycles. The van der Waals surface area contributed by atoms with E-state index in [0.717, 1.165) is 16.2 Å². The number of amides is 1. The van der Waals surface area contributed by atoms with E-state index < -0.39 is 23.7 Å². The van der Waals surface area contributed by atoms with Gasteiger partial charge in [-0.1, -0.05) is 0 Å². The number of nitrogens with zero attached hydrogens (tertiary/aromatic N) is 2. The number of ether oxygens (including phenoxy) is 2. The zero-order valence-electron chi connectivity index (χ0n) is 17.4. The molecule has 1 aromatic rings. The van der Waals surface area contributed by atoms with E-state index in [9.17, 15) is 19.1 Å². The molecule has 1 amide bonds. The lowest BCUT2D eigenvalue weighted by Crippen LogP contribution is -2.54. The molecular weight excluding hydrogens is 379 g/mol. The fraction of sp³-hybridized carbons (Fsp3) is 0.619. The second-order valence-corrected chi connectivity index (χ2v) is 8.96. The van der Waals surface area contributed by atoms with Crippen LogP contribution in [0.2, 0.25) is 0 Å². The first-order valence-corrected chi connectivity index (χ1v) is 9.86. The van der Waals surface area contributed by atoms with Gasteiger partial charge in [0.15, 0.2) is 0 Å². The summed E-state index contributed by atoms with van der Waals surface area (Å²) in [6, 6.07) is 3.58. The Labute approximate surface area is 170 Å². The SMILES string of the molecule is CN(C(=O)OC(C)(C)C)[C@@H](CN1CCC2(CC1)Cc1cc(F)ccc1O2)C(=O)O. The Bertz CT molecular complexity index is 784. The summed E-state index contributed by atoms with van der Waals surface area (Å²) < 4.78 is 24.9. The molecule has 1 fully saturated rings. The summed E-state index contributed by atoms with van der Waals surface area (Å²) in [6.07, 6.45) is 1.43. The number of hydrogen-bond donors (Lipinski definition) is 1. The summed E-state index contributed by atoms with van der Waals surface area (Å²) in [7, 11) is 1.45. The van der Waals surface area contributed by atoms with Crippen LogP contribution in [0, 0.1) is 5.82 Å². The Morgan fingerprint density at radius 1 is 1.34 bits per heavy atom. The Kier molecular flexibility index (Phi) is 5.76. The van der Waals surface area contributed by atoms with Gasteiger partial charge in [-0.25, -0.2) is 14.0 Å². The van der Waals surface area contributed by atoms with Crippen LogP contribution in [0.3, 0.4) is 0 Å². The molecule has 2 aliphatic rings. The highest BCUT2D eigenvalue weighted by molar-refractivity contribution is 5.80. The van der Waals surface area contributed by atoms with Crippen molar-refractivity contribution in [3.05, 3.63) is 29.6 Å². The number of fused-ring (bicyclic) bond motifs is 1. The van der Waals surface area contributed by atoms with Crippen LogP contribution >= 0.6 is 0 Å². The molecule has 1 N–H and O–H groups in total. The van der Waals surface area contributed by atoms with Crippen molar-refractivity contribution in [2.75, 3.05) is 26.7 Å². The molecule has 0 aromatic heterocycles. The number of benzene rings is 1. The van der Waals surface area contributed by atoms with Crippen LogP contribution in [0.4, 0.5) is 9.18 Å². The zero-order chi connectivity index (χ0) is 21.4. The molecule has 29 heavy (non-hydrogen) atoms. The van der Waals surface area contributed by atoms with E-state index in [2.05, 4.69) is 0 Å². The monoisotopic (exact) mass is 408 g/mol. The fourth-order valence-electron chi connectivity index (χ4n) is 3.90. The molecule has 0 radical (unpaired) electrons. The minimum atomic E-state index is -1.07. The van der Waals surface area contributed by atoms with E-state index in [-0.39, 0.29) is 18.0 Å². The van der Waals surface area contributed by atoms with Crippen molar-refractivity contribution >= 4 is 12.1 Å². The second kappa shape index (κ2) is 7.82. The maximum absolute atomic E-state index is 13.5. The number of carbonyl (C=O) groups excluding carboxylic acids is 1. The van der Waals surface area contributed by atoms with Gasteiger partial charge in [0.1, 0.15) is 28.8 Å². The van der Waals surface area contributed by atoms with Gasteiger partial charge >= 0.3 is 12.1 Å². The lowest BCUT2D eigenvalue weighted by atomic mass is 9.87. The van der Waals surface area contributed by atoms with E-state index in [1.54, 1.807) is 26.8 Å². The molecule has 1 aromatic carbocycles. The predicted octanol–water partition coefficient (Wildman–Crippen LogP) is 2.92. The van der Waals surface area contributed by atoms with Crippen molar-refractivity contribution < 1.29 is 28.6 Å². The summed E-state index contributed by atoms with van der Waals surface area (Å²) in [4.78, 5) is 27.2. The number of likely N-dealkylation sites (N-methyl/N-ethyl adjacent to an activating group) is 1. The van der Waals surface area contributed by atoms with Gasteiger partial charge in [0, 0.05) is 51.5 Å². The molecule has 3 rings (SSSR count). The molecular formula is C21H29FN2O5. The Hall–Kier alpha value is -2.35. The second-order valence-electron chi connectivity index (χ2n) is 8.96. The first-order chi connectivity index (χ1) is 13.5. The fourth-order valence-corrected chi connectivity index (χ4v) is 3.90. The van der Waals surface area contributed by atoms with Crippen LogP contribution < -0.4 is 4.74 Å². The molecule has 0 bridgehead atoms. The van der Waals surface area contributed by atoms with Gasteiger partial charge in [-0.05, 0) is 39.0 Å². The van der Waals surface area contributed by atoms with Crippen molar-refractivity contribution in [2.45, 2.75) is 57.3 Å². The van der Waals surface area contributed by atoms with Gasteiger partial charge < -0.3 is 19.5 Å². The average Bonchev–Trinajstić information content (AvgIpc) is 2.96. The minimum absolute atomic E-state index is 0.211. The van der Waals surface area contributed by atoms with Gasteiger partial charge in [-0.3, -0.25) is 4.90 Å². The Balaban J connectivity index is 1.59. The number of carboxylic acid groups (broad SMARTS) is 1. The van der Waals surface area contributed by atoms with Gasteiger partial charge in [0.05, 0.1) is 0 Å². The van der Waals surface area contributed by atoms with E-state index in [1.165, 1.54) is 19.2 Å². The van der Waals surface area contributed by atoms with Gasteiger partial charge in [-0.2, -0.15) is 0 Å². The van der Waals surface area contributed by atoms with Crippen LogP contribution in [0.1, 0.15) is 39.2 Å². The molecule has 0 aliphatic carbocycles. The van der Waals surface area contributed by atoms with Crippen LogP contribution in [0.25, 0.3) is 0 Å². The Morgan fingerprint density at radius 3 is 2.59 bits per heavy atom. The van der Waals surface area contributed by atoms with E-state index in [4.69, 9.17) is 9.47 Å². The van der Waals surface area contributed by atoms with Crippen LogP contribution in [-0.4, -0.2) is 70.9 Å². The number of hydrogen-bond acceptors (Lipinski definition) is 5. The molecule has 160 valence electrons. The highest BCUT2D eigenvalue weighted by Gasteiger charge is 2.43. The first kappa shape index (κ1) is 21.4. The smallest absolute Gasteiger partial charge is 0.410 e. The van der Waals surface area contributed by atoms with Gasteiger partial charge in [0.2, 0.25) is 0 Å². The highest BCUT2D eigenvalue weighted by atomic mass is 19.1. The summed E-state index contributed by atoms with van der Waals surface area (Å²) in [5.41, 5.74) is -0.172. The molecule has 0 saturated carbocycles. The van der Waals surface area contributed by atoms with E-state index >= 15 is 0 Å². The first-order valence-electron chi connectivity index (χ1n) is 9.86. The molecule has 2 heterocycles. The molecule has 0 unspecified atom stereocenters. The van der Waals surface area contributed by atoms with Crippen LogP contribution in [0.5, 0.6) is 5.75 Å². The number of piperidine rings is 1. The van der Waals surface area contributed by atoms with Crippen LogP contribution in [0.15, 0.2) is 18.2 Å². The predicted molar refractivity (Wildman–Crippen MR) is 105 cm³/mol. The minimum Gasteiger partial charge on any atom is -0.487 e. The number of halogens is 1. The molecule has 1 spiro atoms. The third-order valence-electron chi connectivity index (χ3n) is 5.49. The summed E-state index contributed by atoms with van der Waals surface area (Å²) in [6.45, 7) is 6.71. The largest absolute Gasteiger partial charge is 0.487 e. The molecule has 2 aliphatic heterocycles. The van der Waals surface area contributed by atoms with Crippen molar-refractivity contribution in [3.63, 3.8) is 0 Å². The summed E-state index contributed by atoms with van der Waals surface area (Å²) >= 11 is 0. The van der Waals surface area contributed by atoms with Gasteiger partial charge in [-0.15, -0.1) is 0 Å².